The van der Waals surface area contributed by atoms with Crippen molar-refractivity contribution in [1.82, 2.24) is 10.6 Å². The second-order valence-corrected chi connectivity index (χ2v) is 6.47. The van der Waals surface area contributed by atoms with Gasteiger partial charge in [-0.1, -0.05) is 24.3 Å². The SMILES string of the molecule is CCNC(=NCc1ccc(C)cc1OCCOC)NCc1cccc(OC)c1O.I. The van der Waals surface area contributed by atoms with Crippen LogP contribution in [0.3, 0.4) is 0 Å². The minimum Gasteiger partial charge on any atom is -0.504 e. The Kier molecular flexibility index (Phi) is 12.0. The number of rotatable bonds is 10. The van der Waals surface area contributed by atoms with Gasteiger partial charge in [-0.15, -0.1) is 24.0 Å². The normalized spacial score (nSPS) is 10.9. The van der Waals surface area contributed by atoms with Crippen LogP contribution in [0.15, 0.2) is 41.4 Å². The second kappa shape index (κ2) is 13.9. The molecule has 0 amide bonds. The van der Waals surface area contributed by atoms with Crippen LogP contribution < -0.4 is 20.1 Å². The fraction of sp³-hybridized carbons (Fsp3) is 0.409. The standard InChI is InChI=1S/C22H31N3O4.HI/c1-5-23-22(25-15-18-7-6-8-19(28-4)21(18)26)24-14-17-10-9-16(2)13-20(17)29-12-11-27-3;/h6-10,13,26H,5,11-12,14-15H2,1-4H3,(H2,23,24,25);1H. The van der Waals surface area contributed by atoms with Gasteiger partial charge in [0.1, 0.15) is 12.4 Å². The molecular weight excluding hydrogens is 497 g/mol. The van der Waals surface area contributed by atoms with E-state index in [1.54, 1.807) is 13.2 Å². The van der Waals surface area contributed by atoms with Crippen molar-refractivity contribution in [3.8, 4) is 17.2 Å². The molecule has 7 nitrogen and oxygen atoms in total. The van der Waals surface area contributed by atoms with Crippen LogP contribution >= 0.6 is 24.0 Å². The number of guanidine groups is 1. The number of benzene rings is 2. The number of phenolic OH excluding ortho intramolecular Hbond substituents is 1. The van der Waals surface area contributed by atoms with Gasteiger partial charge in [0.15, 0.2) is 17.5 Å². The van der Waals surface area contributed by atoms with Crippen LogP contribution in [0.1, 0.15) is 23.6 Å². The Balaban J connectivity index is 0.00000450. The molecule has 2 aromatic carbocycles. The van der Waals surface area contributed by atoms with Crippen molar-refractivity contribution < 1.29 is 19.3 Å². The Bertz CT molecular complexity index is 815. The van der Waals surface area contributed by atoms with Crippen LogP contribution in [0.25, 0.3) is 0 Å². The molecule has 0 aliphatic heterocycles. The summed E-state index contributed by atoms with van der Waals surface area (Å²) in [5, 5.41) is 16.7. The van der Waals surface area contributed by atoms with Crippen molar-refractivity contribution in [2.45, 2.75) is 26.9 Å². The molecule has 0 aliphatic carbocycles. The fourth-order valence-electron chi connectivity index (χ4n) is 2.72. The van der Waals surface area contributed by atoms with E-state index in [-0.39, 0.29) is 29.7 Å². The van der Waals surface area contributed by atoms with Crippen molar-refractivity contribution in [3.05, 3.63) is 53.1 Å². The van der Waals surface area contributed by atoms with Gasteiger partial charge in [0.25, 0.3) is 0 Å². The monoisotopic (exact) mass is 529 g/mol. The summed E-state index contributed by atoms with van der Waals surface area (Å²) in [5.41, 5.74) is 2.85. The number of para-hydroxylation sites is 1. The molecule has 0 spiro atoms. The van der Waals surface area contributed by atoms with Gasteiger partial charge in [0.05, 0.1) is 20.3 Å². The highest BCUT2D eigenvalue weighted by Crippen LogP contribution is 2.29. The van der Waals surface area contributed by atoms with Crippen LogP contribution in [-0.4, -0.2) is 45.0 Å². The molecule has 0 aromatic heterocycles. The van der Waals surface area contributed by atoms with Gasteiger partial charge in [-0.3, -0.25) is 0 Å². The molecule has 8 heteroatoms. The number of aliphatic imine (C=N–C) groups is 1. The summed E-state index contributed by atoms with van der Waals surface area (Å²) < 4.78 is 16.1. The quantitative estimate of drug-likeness (QED) is 0.189. The first-order valence-electron chi connectivity index (χ1n) is 9.67. The maximum absolute atomic E-state index is 10.3. The van der Waals surface area contributed by atoms with Crippen molar-refractivity contribution in [3.63, 3.8) is 0 Å². The summed E-state index contributed by atoms with van der Waals surface area (Å²) in [6.07, 6.45) is 0. The van der Waals surface area contributed by atoms with E-state index in [0.29, 0.717) is 38.0 Å². The van der Waals surface area contributed by atoms with Crippen LogP contribution in [-0.2, 0) is 17.8 Å². The number of nitrogens with zero attached hydrogens (tertiary/aromatic N) is 1. The van der Waals surface area contributed by atoms with Crippen LogP contribution in [0.5, 0.6) is 17.2 Å². The Morgan fingerprint density at radius 3 is 2.53 bits per heavy atom. The largest absolute Gasteiger partial charge is 0.504 e. The molecule has 0 saturated heterocycles. The number of ether oxygens (including phenoxy) is 3. The van der Waals surface area contributed by atoms with E-state index in [1.165, 1.54) is 7.11 Å². The Morgan fingerprint density at radius 1 is 1.03 bits per heavy atom. The first kappa shape index (κ1) is 25.8. The van der Waals surface area contributed by atoms with Crippen molar-refractivity contribution in [2.24, 2.45) is 4.99 Å². The van der Waals surface area contributed by atoms with Gasteiger partial charge in [0, 0.05) is 31.3 Å². The predicted octanol–water partition coefficient (Wildman–Crippen LogP) is 3.61. The van der Waals surface area contributed by atoms with Gasteiger partial charge in [-0.25, -0.2) is 4.99 Å². The summed E-state index contributed by atoms with van der Waals surface area (Å²) in [6, 6.07) is 11.5. The molecule has 0 unspecified atom stereocenters. The van der Waals surface area contributed by atoms with Gasteiger partial charge < -0.3 is 30.0 Å². The number of aromatic hydroxyl groups is 1. The molecular formula is C22H32IN3O4. The Hall–Kier alpha value is -2.20. The molecule has 0 bridgehead atoms. The highest BCUT2D eigenvalue weighted by atomic mass is 127. The van der Waals surface area contributed by atoms with Gasteiger partial charge in [-0.05, 0) is 31.5 Å². The molecule has 0 heterocycles. The van der Waals surface area contributed by atoms with E-state index >= 15 is 0 Å². The summed E-state index contributed by atoms with van der Waals surface area (Å²) >= 11 is 0. The third-order valence-electron chi connectivity index (χ3n) is 4.27. The average molecular weight is 529 g/mol. The minimum absolute atomic E-state index is 0. The second-order valence-electron chi connectivity index (χ2n) is 6.47. The molecule has 0 aliphatic rings. The lowest BCUT2D eigenvalue weighted by Crippen LogP contribution is -2.36. The third kappa shape index (κ3) is 7.91. The lowest BCUT2D eigenvalue weighted by atomic mass is 10.1. The number of methoxy groups -OCH3 is 2. The first-order chi connectivity index (χ1) is 14.1. The Labute approximate surface area is 195 Å². The van der Waals surface area contributed by atoms with Gasteiger partial charge in [-0.2, -0.15) is 0 Å². The van der Waals surface area contributed by atoms with E-state index in [4.69, 9.17) is 14.2 Å². The van der Waals surface area contributed by atoms with Crippen molar-refractivity contribution >= 4 is 29.9 Å². The smallest absolute Gasteiger partial charge is 0.191 e. The maximum Gasteiger partial charge on any atom is 0.191 e. The highest BCUT2D eigenvalue weighted by Gasteiger charge is 2.09. The third-order valence-corrected chi connectivity index (χ3v) is 4.27. The summed E-state index contributed by atoms with van der Waals surface area (Å²) in [4.78, 5) is 4.66. The summed E-state index contributed by atoms with van der Waals surface area (Å²) in [7, 11) is 3.19. The van der Waals surface area contributed by atoms with E-state index in [2.05, 4.69) is 15.6 Å². The summed E-state index contributed by atoms with van der Waals surface area (Å²) in [5.74, 6) is 2.04. The lowest BCUT2D eigenvalue weighted by Gasteiger charge is -2.14. The van der Waals surface area contributed by atoms with E-state index in [1.807, 2.05) is 44.2 Å². The minimum atomic E-state index is 0. The molecule has 2 rings (SSSR count). The zero-order valence-corrected chi connectivity index (χ0v) is 20.4. The topological polar surface area (TPSA) is 84.3 Å². The maximum atomic E-state index is 10.3. The molecule has 0 fully saturated rings. The van der Waals surface area contributed by atoms with E-state index in [0.717, 1.165) is 29.0 Å². The van der Waals surface area contributed by atoms with E-state index in [9.17, 15) is 5.11 Å². The fourth-order valence-corrected chi connectivity index (χ4v) is 2.72. The van der Waals surface area contributed by atoms with Crippen molar-refractivity contribution in [2.75, 3.05) is 34.0 Å². The summed E-state index contributed by atoms with van der Waals surface area (Å²) in [6.45, 7) is 6.66. The molecule has 0 saturated carbocycles. The average Bonchev–Trinajstić information content (AvgIpc) is 2.72. The molecule has 166 valence electrons. The predicted molar refractivity (Wildman–Crippen MR) is 130 cm³/mol. The number of aryl methyl sites for hydroxylation is 1. The molecule has 2 aromatic rings. The number of hydrogen-bond donors (Lipinski definition) is 3. The van der Waals surface area contributed by atoms with Gasteiger partial charge in [0.2, 0.25) is 0 Å². The lowest BCUT2D eigenvalue weighted by molar-refractivity contribution is 0.145. The zero-order chi connectivity index (χ0) is 21.1. The van der Waals surface area contributed by atoms with Crippen LogP contribution in [0.2, 0.25) is 0 Å². The van der Waals surface area contributed by atoms with Crippen molar-refractivity contribution in [1.29, 1.82) is 0 Å². The zero-order valence-electron chi connectivity index (χ0n) is 18.0. The first-order valence-corrected chi connectivity index (χ1v) is 9.67. The van der Waals surface area contributed by atoms with Crippen LogP contribution in [0.4, 0.5) is 0 Å². The van der Waals surface area contributed by atoms with Crippen LogP contribution in [0, 0.1) is 6.92 Å². The number of phenols is 1. The number of halogens is 1. The number of hydrogen-bond acceptors (Lipinski definition) is 5. The molecule has 30 heavy (non-hydrogen) atoms. The highest BCUT2D eigenvalue weighted by molar-refractivity contribution is 14.0. The number of nitrogens with one attached hydrogen (secondary N) is 2. The molecule has 0 atom stereocenters. The Morgan fingerprint density at radius 2 is 1.83 bits per heavy atom. The van der Waals surface area contributed by atoms with Gasteiger partial charge >= 0.3 is 0 Å². The molecule has 3 N–H and O–H groups in total. The molecule has 0 radical (unpaired) electrons. The van der Waals surface area contributed by atoms with E-state index < -0.39 is 0 Å².